The van der Waals surface area contributed by atoms with Crippen molar-refractivity contribution in [3.8, 4) is 0 Å². The molecule has 0 aliphatic carbocycles. The molecule has 1 rings (SSSR count). The summed E-state index contributed by atoms with van der Waals surface area (Å²) >= 11 is 10.3. The van der Waals surface area contributed by atoms with Crippen LogP contribution in [0.1, 0.15) is 5.56 Å². The lowest BCUT2D eigenvalue weighted by Crippen LogP contribution is -2.21. The summed E-state index contributed by atoms with van der Waals surface area (Å²) in [4.78, 5) is -0.859. The van der Waals surface area contributed by atoms with Crippen LogP contribution in [-0.2, 0) is 31.1 Å². The molecule has 14 heteroatoms. The molecule has 0 heterocycles. The summed E-state index contributed by atoms with van der Waals surface area (Å²) in [5.74, 6) is 0. The van der Waals surface area contributed by atoms with E-state index in [2.05, 4.69) is 20.1 Å². The van der Waals surface area contributed by atoms with Crippen LogP contribution in [0.4, 0.5) is 13.2 Å². The van der Waals surface area contributed by atoms with E-state index in [9.17, 15) is 30.0 Å². The second kappa shape index (κ2) is 6.92. The molecule has 0 bridgehead atoms. The van der Waals surface area contributed by atoms with E-state index in [1.807, 2.05) is 0 Å². The van der Waals surface area contributed by atoms with E-state index < -0.39 is 34.0 Å². The van der Waals surface area contributed by atoms with Crippen molar-refractivity contribution in [1.82, 2.24) is 0 Å². The molecule has 0 N–H and O–H groups in total. The standard InChI is InChI=1S/C9H6BrClF3IO6S2/c1-22(16,17)20-8(10,15)6-3-2-5(4-7(6)11)23(18,19)21-9(12,13)14/h2-4H,1H3. The van der Waals surface area contributed by atoms with Crippen molar-refractivity contribution in [1.29, 1.82) is 0 Å². The third-order valence-corrected chi connectivity index (χ3v) is 6.01. The van der Waals surface area contributed by atoms with E-state index in [4.69, 9.17) is 15.8 Å². The van der Waals surface area contributed by atoms with Gasteiger partial charge in [0.1, 0.15) is 0 Å². The zero-order chi connectivity index (χ0) is 18.3. The molecule has 6 nitrogen and oxygen atoms in total. The van der Waals surface area contributed by atoms with Gasteiger partial charge in [-0.15, -0.1) is 13.2 Å². The van der Waals surface area contributed by atoms with Gasteiger partial charge in [-0.1, -0.05) is 17.7 Å². The van der Waals surface area contributed by atoms with Gasteiger partial charge in [-0.05, 0) is 50.7 Å². The van der Waals surface area contributed by atoms with Crippen LogP contribution in [-0.4, -0.2) is 29.5 Å². The predicted molar refractivity (Wildman–Crippen MR) is 86.3 cm³/mol. The van der Waals surface area contributed by atoms with Crippen LogP contribution >= 0.6 is 50.1 Å². The Morgan fingerprint density at radius 3 is 2.09 bits per heavy atom. The van der Waals surface area contributed by atoms with Gasteiger partial charge in [0.05, 0.1) is 11.2 Å². The topological polar surface area (TPSA) is 86.7 Å². The number of hydrogen-bond acceptors (Lipinski definition) is 6. The molecule has 0 spiro atoms. The Morgan fingerprint density at radius 1 is 1.17 bits per heavy atom. The summed E-state index contributed by atoms with van der Waals surface area (Å²) in [5.41, 5.74) is -0.0313. The Balaban J connectivity index is 3.27. The molecule has 132 valence electrons. The molecule has 0 saturated carbocycles. The van der Waals surface area contributed by atoms with Crippen molar-refractivity contribution >= 4 is 70.4 Å². The van der Waals surface area contributed by atoms with Crippen LogP contribution in [0.2, 0.25) is 5.02 Å². The van der Waals surface area contributed by atoms with Crippen LogP contribution in [0.15, 0.2) is 23.1 Å². The molecule has 1 atom stereocenters. The van der Waals surface area contributed by atoms with Crippen LogP contribution < -0.4 is 0 Å². The maximum absolute atomic E-state index is 12.1. The van der Waals surface area contributed by atoms with E-state index in [-0.39, 0.29) is 10.6 Å². The lowest BCUT2D eigenvalue weighted by Gasteiger charge is -2.21. The summed E-state index contributed by atoms with van der Waals surface area (Å²) in [6.45, 7) is 0. The molecule has 0 saturated heterocycles. The number of benzene rings is 1. The highest BCUT2D eigenvalue weighted by atomic mass is 127. The van der Waals surface area contributed by atoms with Crippen molar-refractivity contribution in [2.45, 2.75) is 13.8 Å². The Kier molecular flexibility index (Phi) is 6.43. The average molecular weight is 574 g/mol. The first-order valence-electron chi connectivity index (χ1n) is 5.14. The van der Waals surface area contributed by atoms with Gasteiger partial charge in [0.25, 0.3) is 10.1 Å². The van der Waals surface area contributed by atoms with Crippen molar-refractivity contribution in [3.05, 3.63) is 28.8 Å². The zero-order valence-electron chi connectivity index (χ0n) is 10.8. The first-order chi connectivity index (χ1) is 10.0. The minimum Gasteiger partial charge on any atom is -0.236 e. The van der Waals surface area contributed by atoms with Gasteiger partial charge >= 0.3 is 16.5 Å². The summed E-state index contributed by atoms with van der Waals surface area (Å²) in [6, 6.07) is 2.43. The first kappa shape index (κ1) is 21.4. The molecule has 0 aromatic heterocycles. The number of alkyl halides is 5. The molecule has 1 aromatic carbocycles. The second-order valence-corrected chi connectivity index (χ2v) is 11.6. The Labute approximate surface area is 156 Å². The quantitative estimate of drug-likeness (QED) is 0.305. The number of hydrogen-bond donors (Lipinski definition) is 0. The maximum atomic E-state index is 12.1. The lowest BCUT2D eigenvalue weighted by atomic mass is 10.2. The van der Waals surface area contributed by atoms with Gasteiger partial charge in [0.15, 0.2) is 0 Å². The SMILES string of the molecule is CS(=O)(=O)OC(Br)(I)c1ccc(S(=O)(=O)OC(F)(F)F)cc1Cl. The van der Waals surface area contributed by atoms with Gasteiger partial charge in [0.2, 0.25) is 2.52 Å². The number of halogens is 6. The summed E-state index contributed by atoms with van der Waals surface area (Å²) < 4.78 is 87.5. The van der Waals surface area contributed by atoms with E-state index >= 15 is 0 Å². The fourth-order valence-corrected chi connectivity index (χ4v) is 5.77. The molecule has 0 radical (unpaired) electrons. The van der Waals surface area contributed by atoms with Crippen LogP contribution in [0, 0.1) is 0 Å². The maximum Gasteiger partial charge on any atom is 0.537 e. The van der Waals surface area contributed by atoms with Crippen molar-refractivity contribution in [3.63, 3.8) is 0 Å². The highest BCUT2D eigenvalue weighted by Crippen LogP contribution is 2.45. The number of rotatable bonds is 5. The molecule has 23 heavy (non-hydrogen) atoms. The highest BCUT2D eigenvalue weighted by molar-refractivity contribution is 14.1. The average Bonchev–Trinajstić information content (AvgIpc) is 2.21. The molecule has 1 unspecified atom stereocenters. The van der Waals surface area contributed by atoms with Crippen molar-refractivity contribution in [2.75, 3.05) is 6.26 Å². The molecule has 0 aliphatic rings. The van der Waals surface area contributed by atoms with E-state index in [1.165, 1.54) is 22.6 Å². The molecule has 0 fully saturated rings. The van der Waals surface area contributed by atoms with Crippen LogP contribution in [0.5, 0.6) is 0 Å². The fourth-order valence-electron chi connectivity index (χ4n) is 1.29. The lowest BCUT2D eigenvalue weighted by molar-refractivity contribution is -0.271. The van der Waals surface area contributed by atoms with Crippen LogP contribution in [0.25, 0.3) is 0 Å². The Morgan fingerprint density at radius 2 is 1.70 bits per heavy atom. The molecule has 0 amide bonds. The first-order valence-corrected chi connectivity index (χ1v) is 10.6. The fraction of sp³-hybridized carbons (Fsp3) is 0.333. The van der Waals surface area contributed by atoms with Gasteiger partial charge in [0, 0.05) is 10.6 Å². The minimum absolute atomic E-state index is 0.0313. The van der Waals surface area contributed by atoms with Gasteiger partial charge in [-0.3, -0.25) is 0 Å². The van der Waals surface area contributed by atoms with E-state index in [0.717, 1.165) is 18.4 Å². The Hall–Kier alpha value is 0.330. The molecular formula is C9H6BrClF3IO6S2. The third-order valence-electron chi connectivity index (χ3n) is 2.00. The summed E-state index contributed by atoms with van der Waals surface area (Å²) in [6.07, 6.45) is -4.63. The zero-order valence-corrected chi connectivity index (χ0v) is 16.9. The summed E-state index contributed by atoms with van der Waals surface area (Å²) in [5, 5.41) is -0.355. The minimum atomic E-state index is -5.40. The molecular weight excluding hydrogens is 567 g/mol. The molecule has 1 aromatic rings. The predicted octanol–water partition coefficient (Wildman–Crippen LogP) is 3.48. The smallest absolute Gasteiger partial charge is 0.236 e. The highest BCUT2D eigenvalue weighted by Gasteiger charge is 2.39. The second-order valence-electron chi connectivity index (χ2n) is 3.93. The monoisotopic (exact) mass is 572 g/mol. The normalized spacial score (nSPS) is 16.1. The molecule has 0 aliphatic heterocycles. The van der Waals surface area contributed by atoms with E-state index in [1.54, 1.807) is 0 Å². The Bertz CT molecular complexity index is 809. The van der Waals surface area contributed by atoms with Crippen LogP contribution in [0.3, 0.4) is 0 Å². The summed E-state index contributed by atoms with van der Waals surface area (Å²) in [7, 11) is -9.04. The van der Waals surface area contributed by atoms with Gasteiger partial charge in [-0.2, -0.15) is 21.0 Å². The van der Waals surface area contributed by atoms with Gasteiger partial charge < -0.3 is 0 Å². The largest absolute Gasteiger partial charge is 0.537 e. The van der Waals surface area contributed by atoms with Gasteiger partial charge in [-0.25, -0.2) is 4.18 Å². The van der Waals surface area contributed by atoms with Crippen molar-refractivity contribution < 1.29 is 38.4 Å². The van der Waals surface area contributed by atoms with E-state index in [0.29, 0.717) is 6.07 Å². The van der Waals surface area contributed by atoms with Crippen molar-refractivity contribution in [2.24, 2.45) is 0 Å². The third kappa shape index (κ3) is 6.62.